The topological polar surface area (TPSA) is 35.5 Å². The van der Waals surface area contributed by atoms with Gasteiger partial charge in [0.2, 0.25) is 6.10 Å². The highest BCUT2D eigenvalue weighted by atomic mass is 35.5. The largest absolute Gasteiger partial charge is 0.475 e. The minimum atomic E-state index is -4.71. The number of carbonyl (C=O) groups is 1. The number of ether oxygens (including phenoxy) is 2. The second kappa shape index (κ2) is 5.36. The van der Waals surface area contributed by atoms with Gasteiger partial charge in [0.1, 0.15) is 5.75 Å². The molecule has 3 nitrogen and oxygen atoms in total. The summed E-state index contributed by atoms with van der Waals surface area (Å²) < 4.78 is 48.4. The fourth-order valence-corrected chi connectivity index (χ4v) is 1.98. The van der Waals surface area contributed by atoms with E-state index in [-0.39, 0.29) is 12.4 Å². The van der Waals surface area contributed by atoms with Crippen molar-refractivity contribution in [3.63, 3.8) is 0 Å². The lowest BCUT2D eigenvalue weighted by Crippen LogP contribution is -2.40. The van der Waals surface area contributed by atoms with Gasteiger partial charge in [-0.3, -0.25) is 0 Å². The molecule has 0 fully saturated rings. The zero-order valence-electron chi connectivity index (χ0n) is 10.3. The number of hydrogen-bond donors (Lipinski definition) is 0. The van der Waals surface area contributed by atoms with Crippen molar-refractivity contribution in [3.05, 3.63) is 34.4 Å². The SMILES string of the molecule is CCOC(=O)C1=Cc2cc(Cl)ccc2O[C@@H]1C(F)(F)F. The summed E-state index contributed by atoms with van der Waals surface area (Å²) in [6.07, 6.45) is -5.95. The summed E-state index contributed by atoms with van der Waals surface area (Å²) in [7, 11) is 0. The third kappa shape index (κ3) is 2.90. The number of esters is 1. The Labute approximate surface area is 117 Å². The Morgan fingerprint density at radius 1 is 1.45 bits per heavy atom. The van der Waals surface area contributed by atoms with Gasteiger partial charge in [0, 0.05) is 10.6 Å². The van der Waals surface area contributed by atoms with E-state index in [2.05, 4.69) is 4.74 Å². The molecule has 1 aromatic carbocycles. The lowest BCUT2D eigenvalue weighted by molar-refractivity contribution is -0.187. The van der Waals surface area contributed by atoms with E-state index >= 15 is 0 Å². The second-order valence-electron chi connectivity index (χ2n) is 4.04. The predicted octanol–water partition coefficient (Wildman–Crippen LogP) is 3.61. The summed E-state index contributed by atoms with van der Waals surface area (Å²) >= 11 is 5.77. The molecule has 20 heavy (non-hydrogen) atoms. The van der Waals surface area contributed by atoms with Crippen LogP contribution in [0.4, 0.5) is 13.2 Å². The highest BCUT2D eigenvalue weighted by Crippen LogP contribution is 2.38. The second-order valence-corrected chi connectivity index (χ2v) is 4.48. The fraction of sp³-hybridized carbons (Fsp3) is 0.308. The van der Waals surface area contributed by atoms with Crippen molar-refractivity contribution in [2.24, 2.45) is 0 Å². The van der Waals surface area contributed by atoms with Crippen LogP contribution in [-0.2, 0) is 9.53 Å². The quantitative estimate of drug-likeness (QED) is 0.783. The third-order valence-electron chi connectivity index (χ3n) is 2.62. The number of alkyl halides is 3. The fourth-order valence-electron chi connectivity index (χ4n) is 1.80. The predicted molar refractivity (Wildman–Crippen MR) is 66.5 cm³/mol. The first-order valence-electron chi connectivity index (χ1n) is 5.74. The molecule has 1 aliphatic heterocycles. The van der Waals surface area contributed by atoms with Crippen molar-refractivity contribution in [3.8, 4) is 5.75 Å². The molecule has 0 amide bonds. The van der Waals surface area contributed by atoms with E-state index in [1.807, 2.05) is 0 Å². The smallest absolute Gasteiger partial charge is 0.430 e. The van der Waals surface area contributed by atoms with E-state index in [1.54, 1.807) is 0 Å². The molecule has 7 heteroatoms. The number of hydrogen-bond acceptors (Lipinski definition) is 3. The minimum Gasteiger partial charge on any atom is -0.475 e. The molecular formula is C13H10ClF3O3. The number of benzene rings is 1. The average molecular weight is 307 g/mol. The molecule has 1 aliphatic rings. The molecule has 1 atom stereocenters. The van der Waals surface area contributed by atoms with E-state index < -0.39 is 23.8 Å². The Bertz CT molecular complexity index is 566. The summed E-state index contributed by atoms with van der Waals surface area (Å²) in [5.41, 5.74) is -0.282. The van der Waals surface area contributed by atoms with Crippen LogP contribution in [-0.4, -0.2) is 24.9 Å². The molecule has 2 rings (SSSR count). The first-order chi connectivity index (χ1) is 9.32. The standard InChI is InChI=1S/C13H10ClF3O3/c1-2-19-12(18)9-6-7-5-8(14)3-4-10(7)20-11(9)13(15,16)17/h3-6,11H,2H2,1H3/t11-/m0/s1. The van der Waals surface area contributed by atoms with Gasteiger partial charge in [-0.05, 0) is 31.2 Å². The van der Waals surface area contributed by atoms with Gasteiger partial charge in [-0.2, -0.15) is 13.2 Å². The summed E-state index contributed by atoms with van der Waals surface area (Å²) in [6.45, 7) is 1.48. The Morgan fingerprint density at radius 3 is 2.75 bits per heavy atom. The molecule has 0 spiro atoms. The van der Waals surface area contributed by atoms with Crippen LogP contribution in [0.25, 0.3) is 6.08 Å². The lowest BCUT2D eigenvalue weighted by atomic mass is 10.0. The van der Waals surface area contributed by atoms with Crippen molar-refractivity contribution in [1.29, 1.82) is 0 Å². The normalized spacial score (nSPS) is 17.9. The molecule has 0 saturated heterocycles. The minimum absolute atomic E-state index is 0.0183. The van der Waals surface area contributed by atoms with Gasteiger partial charge >= 0.3 is 12.1 Å². The van der Waals surface area contributed by atoms with Gasteiger partial charge in [-0.1, -0.05) is 11.6 Å². The van der Waals surface area contributed by atoms with Crippen LogP contribution in [0.3, 0.4) is 0 Å². The van der Waals surface area contributed by atoms with Crippen LogP contribution in [0.5, 0.6) is 5.75 Å². The Morgan fingerprint density at radius 2 is 2.15 bits per heavy atom. The molecule has 0 saturated carbocycles. The molecule has 0 radical (unpaired) electrons. The first kappa shape index (κ1) is 14.7. The van der Waals surface area contributed by atoms with Crippen LogP contribution in [0, 0.1) is 0 Å². The Balaban J connectivity index is 2.48. The lowest BCUT2D eigenvalue weighted by Gasteiger charge is -2.27. The summed E-state index contributed by atoms with van der Waals surface area (Å²) in [6, 6.07) is 4.16. The van der Waals surface area contributed by atoms with Gasteiger partial charge in [0.25, 0.3) is 0 Å². The number of fused-ring (bicyclic) bond motifs is 1. The molecule has 1 heterocycles. The zero-order chi connectivity index (χ0) is 14.9. The van der Waals surface area contributed by atoms with Gasteiger partial charge in [-0.15, -0.1) is 0 Å². The maximum absolute atomic E-state index is 13.0. The van der Waals surface area contributed by atoms with Crippen LogP contribution >= 0.6 is 11.6 Å². The van der Waals surface area contributed by atoms with Crippen LogP contribution in [0.2, 0.25) is 5.02 Å². The van der Waals surface area contributed by atoms with Gasteiger partial charge in [-0.25, -0.2) is 4.79 Å². The van der Waals surface area contributed by atoms with Gasteiger partial charge in [0.05, 0.1) is 12.2 Å². The Kier molecular flexibility index (Phi) is 3.94. The first-order valence-corrected chi connectivity index (χ1v) is 6.12. The third-order valence-corrected chi connectivity index (χ3v) is 2.85. The Hall–Kier alpha value is -1.69. The molecule has 0 N–H and O–H groups in total. The van der Waals surface area contributed by atoms with Crippen molar-refractivity contribution in [2.45, 2.75) is 19.2 Å². The molecule has 0 aliphatic carbocycles. The van der Waals surface area contributed by atoms with Gasteiger partial charge in [0.15, 0.2) is 0 Å². The van der Waals surface area contributed by atoms with Crippen molar-refractivity contribution in [1.82, 2.24) is 0 Å². The molecule has 0 unspecified atom stereocenters. The number of rotatable bonds is 2. The van der Waals surface area contributed by atoms with E-state index in [0.717, 1.165) is 6.08 Å². The zero-order valence-corrected chi connectivity index (χ0v) is 11.1. The average Bonchev–Trinajstić information content (AvgIpc) is 2.36. The van der Waals surface area contributed by atoms with E-state index in [0.29, 0.717) is 10.6 Å². The van der Waals surface area contributed by atoms with Crippen molar-refractivity contribution < 1.29 is 27.4 Å². The number of carbonyl (C=O) groups excluding carboxylic acids is 1. The summed E-state index contributed by atoms with van der Waals surface area (Å²) in [4.78, 5) is 11.6. The molecule has 1 aromatic rings. The summed E-state index contributed by atoms with van der Waals surface area (Å²) in [5.74, 6) is -1.04. The van der Waals surface area contributed by atoms with Gasteiger partial charge < -0.3 is 9.47 Å². The van der Waals surface area contributed by atoms with Crippen LogP contribution in [0.15, 0.2) is 23.8 Å². The number of halogens is 4. The maximum atomic E-state index is 13.0. The van der Waals surface area contributed by atoms with Crippen LogP contribution in [0.1, 0.15) is 12.5 Å². The highest BCUT2D eigenvalue weighted by Gasteiger charge is 2.48. The van der Waals surface area contributed by atoms with E-state index in [1.165, 1.54) is 25.1 Å². The highest BCUT2D eigenvalue weighted by molar-refractivity contribution is 6.30. The maximum Gasteiger partial charge on any atom is 0.430 e. The van der Waals surface area contributed by atoms with Crippen molar-refractivity contribution >= 4 is 23.6 Å². The molecule has 0 bridgehead atoms. The van der Waals surface area contributed by atoms with E-state index in [4.69, 9.17) is 16.3 Å². The van der Waals surface area contributed by atoms with Crippen LogP contribution < -0.4 is 4.74 Å². The molecule has 108 valence electrons. The molecular weight excluding hydrogens is 297 g/mol. The van der Waals surface area contributed by atoms with Crippen molar-refractivity contribution in [2.75, 3.05) is 6.61 Å². The monoisotopic (exact) mass is 306 g/mol. The molecule has 0 aromatic heterocycles. The van der Waals surface area contributed by atoms with E-state index in [9.17, 15) is 18.0 Å². The summed E-state index contributed by atoms with van der Waals surface area (Å²) in [5, 5.41) is 0.331.